The number of carbonyl (C=O) groups excluding carboxylic acids is 2. The molecule has 8 heteroatoms. The van der Waals surface area contributed by atoms with Crippen LogP contribution in [0.3, 0.4) is 0 Å². The number of aliphatic hydroxyl groups excluding tert-OH is 1. The fraction of sp³-hybridized carbons (Fsp3) is 0.393. The summed E-state index contributed by atoms with van der Waals surface area (Å²) < 4.78 is 33.4. The van der Waals surface area contributed by atoms with Gasteiger partial charge in [-0.05, 0) is 36.5 Å². The van der Waals surface area contributed by atoms with Gasteiger partial charge in [0.2, 0.25) is 5.91 Å². The van der Waals surface area contributed by atoms with E-state index in [-0.39, 0.29) is 35.2 Å². The Kier molecular flexibility index (Phi) is 9.47. The highest BCUT2D eigenvalue weighted by Crippen LogP contribution is 2.24. The van der Waals surface area contributed by atoms with Crippen LogP contribution in [0.4, 0.5) is 8.78 Å². The lowest BCUT2D eigenvalue weighted by molar-refractivity contribution is -0.126. The van der Waals surface area contributed by atoms with Crippen molar-refractivity contribution in [2.45, 2.75) is 51.7 Å². The van der Waals surface area contributed by atoms with Crippen molar-refractivity contribution in [3.05, 3.63) is 77.5 Å². The molecule has 6 nitrogen and oxygen atoms in total. The second-order valence-corrected chi connectivity index (χ2v) is 9.40. The fourth-order valence-electron chi connectivity index (χ4n) is 4.13. The van der Waals surface area contributed by atoms with E-state index in [4.69, 9.17) is 4.74 Å². The van der Waals surface area contributed by atoms with Crippen molar-refractivity contribution in [2.24, 2.45) is 11.8 Å². The van der Waals surface area contributed by atoms with Gasteiger partial charge in [-0.3, -0.25) is 9.78 Å². The highest BCUT2D eigenvalue weighted by atomic mass is 19.1. The van der Waals surface area contributed by atoms with Gasteiger partial charge in [-0.2, -0.15) is 0 Å². The Labute approximate surface area is 209 Å². The van der Waals surface area contributed by atoms with Crippen LogP contribution in [0.15, 0.2) is 54.7 Å². The average molecular weight is 499 g/mol. The van der Waals surface area contributed by atoms with Gasteiger partial charge in [-0.25, -0.2) is 13.6 Å². The molecule has 0 fully saturated rings. The summed E-state index contributed by atoms with van der Waals surface area (Å²) in [7, 11) is 1.55. The Morgan fingerprint density at radius 1 is 1.08 bits per heavy atom. The van der Waals surface area contributed by atoms with Crippen molar-refractivity contribution in [1.82, 2.24) is 10.3 Å². The van der Waals surface area contributed by atoms with Crippen LogP contribution in [-0.2, 0) is 16.0 Å². The first-order valence-electron chi connectivity index (χ1n) is 12.1. The molecular weight excluding hydrogens is 466 g/mol. The Bertz CT molecular complexity index is 1190. The van der Waals surface area contributed by atoms with E-state index in [0.29, 0.717) is 12.3 Å². The number of pyridine rings is 1. The monoisotopic (exact) mass is 498 g/mol. The van der Waals surface area contributed by atoms with Crippen LogP contribution in [0.1, 0.15) is 49.0 Å². The summed E-state index contributed by atoms with van der Waals surface area (Å²) in [5, 5.41) is 13.9. The molecule has 1 aromatic heterocycles. The molecule has 3 rings (SSSR count). The van der Waals surface area contributed by atoms with E-state index in [2.05, 4.69) is 24.1 Å². The molecule has 0 aliphatic rings. The van der Waals surface area contributed by atoms with Gasteiger partial charge in [-0.1, -0.05) is 50.6 Å². The largest absolute Gasteiger partial charge is 0.456 e. The van der Waals surface area contributed by atoms with E-state index < -0.39 is 35.7 Å². The van der Waals surface area contributed by atoms with Crippen LogP contribution >= 0.6 is 0 Å². The number of hydrogen-bond acceptors (Lipinski definition) is 5. The quantitative estimate of drug-likeness (QED) is 0.370. The van der Waals surface area contributed by atoms with Crippen LogP contribution in [0, 0.1) is 23.5 Å². The molecule has 1 amide bonds. The third kappa shape index (κ3) is 7.31. The molecule has 0 radical (unpaired) electrons. The zero-order chi connectivity index (χ0) is 26.2. The van der Waals surface area contributed by atoms with Crippen molar-refractivity contribution in [2.75, 3.05) is 7.05 Å². The Morgan fingerprint density at radius 3 is 2.47 bits per heavy atom. The zero-order valence-electron chi connectivity index (χ0n) is 20.7. The minimum Gasteiger partial charge on any atom is -0.456 e. The first-order chi connectivity index (χ1) is 17.2. The number of ether oxygens (including phenoxy) is 1. The Balaban J connectivity index is 1.84. The number of rotatable bonds is 11. The minimum atomic E-state index is -1.12. The number of benzene rings is 2. The first-order valence-corrected chi connectivity index (χ1v) is 12.1. The number of aliphatic hydroxyl groups is 1. The van der Waals surface area contributed by atoms with Gasteiger partial charge < -0.3 is 15.2 Å². The van der Waals surface area contributed by atoms with Crippen LogP contribution < -0.4 is 5.32 Å². The second-order valence-electron chi connectivity index (χ2n) is 9.40. The molecule has 0 saturated heterocycles. The summed E-state index contributed by atoms with van der Waals surface area (Å²) in [6.07, 6.45) is 0.827. The van der Waals surface area contributed by atoms with Gasteiger partial charge in [0.05, 0.1) is 11.7 Å². The highest BCUT2D eigenvalue weighted by Gasteiger charge is 2.30. The maximum atomic E-state index is 14.0. The Morgan fingerprint density at radius 2 is 1.81 bits per heavy atom. The SMILES string of the molecule is CNC(=O)[C@H](CCC(C)C)C[C@H](O)[C@H](Cc1ccccc1)OC(=O)c1cnc2c(F)cc(F)cc2c1. The summed E-state index contributed by atoms with van der Waals surface area (Å²) >= 11 is 0. The minimum absolute atomic E-state index is 0.000390. The van der Waals surface area contributed by atoms with E-state index in [9.17, 15) is 23.5 Å². The van der Waals surface area contributed by atoms with Gasteiger partial charge >= 0.3 is 5.97 Å². The molecule has 3 aromatic rings. The normalized spacial score (nSPS) is 13.9. The molecule has 0 unspecified atom stereocenters. The topological polar surface area (TPSA) is 88.5 Å². The molecule has 0 aliphatic carbocycles. The molecule has 0 bridgehead atoms. The lowest BCUT2D eigenvalue weighted by Gasteiger charge is -2.27. The van der Waals surface area contributed by atoms with Gasteiger partial charge in [0.15, 0.2) is 5.82 Å². The molecule has 192 valence electrons. The number of nitrogens with zero attached hydrogens (tertiary/aromatic N) is 1. The van der Waals surface area contributed by atoms with Crippen LogP contribution in [0.5, 0.6) is 0 Å². The number of halogens is 2. The smallest absolute Gasteiger partial charge is 0.340 e. The maximum Gasteiger partial charge on any atom is 0.340 e. The molecule has 2 aromatic carbocycles. The third-order valence-corrected chi connectivity index (χ3v) is 6.14. The number of amides is 1. The molecule has 0 spiro atoms. The molecule has 0 saturated carbocycles. The van der Waals surface area contributed by atoms with Crippen LogP contribution in [0.2, 0.25) is 0 Å². The summed E-state index contributed by atoms with van der Waals surface area (Å²) in [4.78, 5) is 29.4. The van der Waals surface area contributed by atoms with E-state index in [1.165, 1.54) is 6.07 Å². The van der Waals surface area contributed by atoms with Gasteiger partial charge in [0, 0.05) is 37.0 Å². The number of nitrogens with one attached hydrogen (secondary N) is 1. The zero-order valence-corrected chi connectivity index (χ0v) is 20.7. The van der Waals surface area contributed by atoms with Crippen molar-refractivity contribution in [3.63, 3.8) is 0 Å². The third-order valence-electron chi connectivity index (χ3n) is 6.14. The molecule has 1 heterocycles. The number of hydrogen-bond donors (Lipinski definition) is 2. The highest BCUT2D eigenvalue weighted by molar-refractivity contribution is 5.93. The standard InChI is InChI=1S/C28H32F2N2O4/c1-17(2)9-10-19(27(34)31-3)14-24(33)25(11-18-7-5-4-6-8-18)36-28(35)21-12-20-13-22(29)15-23(30)26(20)32-16-21/h4-8,12-13,15-17,19,24-25,33H,9-11,14H2,1-3H3,(H,31,34)/t19-,24+,25+/m1/s1. The van der Waals surface area contributed by atoms with Gasteiger partial charge in [-0.15, -0.1) is 0 Å². The van der Waals surface area contributed by atoms with Crippen LogP contribution in [-0.4, -0.2) is 41.2 Å². The number of carbonyl (C=O) groups is 2. The number of aromatic nitrogens is 1. The lowest BCUT2D eigenvalue weighted by Crippen LogP contribution is -2.38. The maximum absolute atomic E-state index is 14.0. The number of esters is 1. The van der Waals surface area contributed by atoms with E-state index in [0.717, 1.165) is 30.3 Å². The second kappa shape index (κ2) is 12.5. The van der Waals surface area contributed by atoms with Crippen molar-refractivity contribution >= 4 is 22.8 Å². The van der Waals surface area contributed by atoms with E-state index in [1.54, 1.807) is 7.05 Å². The van der Waals surface area contributed by atoms with E-state index >= 15 is 0 Å². The van der Waals surface area contributed by atoms with Crippen molar-refractivity contribution in [1.29, 1.82) is 0 Å². The molecule has 36 heavy (non-hydrogen) atoms. The Hall–Kier alpha value is -3.39. The van der Waals surface area contributed by atoms with Crippen molar-refractivity contribution in [3.8, 4) is 0 Å². The first kappa shape index (κ1) is 27.2. The van der Waals surface area contributed by atoms with Crippen LogP contribution in [0.25, 0.3) is 10.9 Å². The summed E-state index contributed by atoms with van der Waals surface area (Å²) in [5.74, 6) is -2.63. The summed E-state index contributed by atoms with van der Waals surface area (Å²) in [5.41, 5.74) is 0.779. The summed E-state index contributed by atoms with van der Waals surface area (Å²) in [6, 6.07) is 12.4. The molecular formula is C28H32F2N2O4. The van der Waals surface area contributed by atoms with Gasteiger partial charge in [0.1, 0.15) is 17.4 Å². The molecule has 3 atom stereocenters. The van der Waals surface area contributed by atoms with Crippen molar-refractivity contribution < 1.29 is 28.2 Å². The fourth-order valence-corrected chi connectivity index (χ4v) is 4.13. The average Bonchev–Trinajstić information content (AvgIpc) is 2.85. The number of fused-ring (bicyclic) bond motifs is 1. The van der Waals surface area contributed by atoms with Gasteiger partial charge in [0.25, 0.3) is 0 Å². The lowest BCUT2D eigenvalue weighted by atomic mass is 9.89. The predicted octanol–water partition coefficient (Wildman–Crippen LogP) is 4.83. The molecule has 2 N–H and O–H groups in total. The predicted molar refractivity (Wildman–Crippen MR) is 133 cm³/mol. The van der Waals surface area contributed by atoms with E-state index in [1.807, 2.05) is 30.3 Å². The molecule has 0 aliphatic heterocycles. The summed E-state index contributed by atoms with van der Waals surface area (Å²) in [6.45, 7) is 4.12.